The minimum absolute atomic E-state index is 0.107. The van der Waals surface area contributed by atoms with Crippen LogP contribution in [0.15, 0.2) is 30.4 Å². The number of carbonyl (C=O) groups excluding carboxylic acids is 3. The number of rotatable bonds is 7. The van der Waals surface area contributed by atoms with Gasteiger partial charge in [-0.05, 0) is 57.0 Å². The highest BCUT2D eigenvalue weighted by molar-refractivity contribution is 6.42. The standard InChI is InChI=1S/C30H38Cl2N4O4/c31-21-11-10-20(18-22(21)32)34-27(37)24-23-12-13-30(40-23)25(24)29(39)36(17-16-35-14-6-1-2-7-15-35)26(30)28(38)33-19-8-4-3-5-9-19/h10-13,18-19,23-26H,1-9,14-17H2,(H,33,38)(H,34,37). The third-order valence-corrected chi connectivity index (χ3v) is 10.2. The normalized spacial score (nSPS) is 32.2. The van der Waals surface area contributed by atoms with Gasteiger partial charge in [-0.2, -0.15) is 0 Å². The van der Waals surface area contributed by atoms with Gasteiger partial charge in [-0.25, -0.2) is 0 Å². The molecule has 10 heteroatoms. The van der Waals surface area contributed by atoms with Gasteiger partial charge >= 0.3 is 0 Å². The first kappa shape index (κ1) is 28.0. The monoisotopic (exact) mass is 588 g/mol. The van der Waals surface area contributed by atoms with Gasteiger partial charge in [0.1, 0.15) is 11.6 Å². The first-order chi connectivity index (χ1) is 19.4. The number of carbonyl (C=O) groups is 3. The van der Waals surface area contributed by atoms with Crippen LogP contribution in [0, 0.1) is 11.8 Å². The third-order valence-electron chi connectivity index (χ3n) is 9.42. The van der Waals surface area contributed by atoms with E-state index in [9.17, 15) is 14.4 Å². The van der Waals surface area contributed by atoms with Crippen LogP contribution in [-0.4, -0.2) is 77.5 Å². The van der Waals surface area contributed by atoms with Crippen LogP contribution in [0.3, 0.4) is 0 Å². The summed E-state index contributed by atoms with van der Waals surface area (Å²) in [6, 6.07) is 4.19. The summed E-state index contributed by atoms with van der Waals surface area (Å²) in [5, 5.41) is 6.88. The zero-order valence-corrected chi connectivity index (χ0v) is 24.3. The average molecular weight is 590 g/mol. The molecule has 0 radical (unpaired) electrons. The smallest absolute Gasteiger partial charge is 0.246 e. The van der Waals surface area contributed by atoms with E-state index in [0.717, 1.165) is 51.6 Å². The van der Waals surface area contributed by atoms with E-state index in [1.165, 1.54) is 19.3 Å². The molecule has 1 aromatic carbocycles. The highest BCUT2D eigenvalue weighted by Gasteiger charge is 2.72. The topological polar surface area (TPSA) is 91.0 Å². The zero-order valence-electron chi connectivity index (χ0n) is 22.7. The van der Waals surface area contributed by atoms with Gasteiger partial charge in [0.2, 0.25) is 17.7 Å². The zero-order chi connectivity index (χ0) is 27.9. The van der Waals surface area contributed by atoms with Crippen molar-refractivity contribution in [1.29, 1.82) is 0 Å². The predicted octanol–water partition coefficient (Wildman–Crippen LogP) is 4.41. The Kier molecular flexibility index (Phi) is 8.14. The highest BCUT2D eigenvalue weighted by atomic mass is 35.5. The van der Waals surface area contributed by atoms with Crippen LogP contribution in [-0.2, 0) is 19.1 Å². The molecule has 5 unspecified atom stereocenters. The van der Waals surface area contributed by atoms with Crippen LogP contribution in [0.25, 0.3) is 0 Å². The van der Waals surface area contributed by atoms with E-state index in [0.29, 0.717) is 28.8 Å². The van der Waals surface area contributed by atoms with Crippen molar-refractivity contribution in [3.63, 3.8) is 0 Å². The van der Waals surface area contributed by atoms with E-state index < -0.39 is 29.6 Å². The molecule has 4 aliphatic heterocycles. The molecule has 216 valence electrons. The number of nitrogens with one attached hydrogen (secondary N) is 2. The van der Waals surface area contributed by atoms with Crippen molar-refractivity contribution in [2.45, 2.75) is 81.6 Å². The van der Waals surface area contributed by atoms with Gasteiger partial charge in [0.15, 0.2) is 0 Å². The number of fused-ring (bicyclic) bond motifs is 1. The Hall–Kier alpha value is -2.13. The maximum absolute atomic E-state index is 14.2. The summed E-state index contributed by atoms with van der Waals surface area (Å²) in [6.45, 7) is 3.14. The molecule has 1 saturated carbocycles. The molecule has 40 heavy (non-hydrogen) atoms. The predicted molar refractivity (Wildman–Crippen MR) is 154 cm³/mol. The van der Waals surface area contributed by atoms with Gasteiger partial charge in [-0.1, -0.05) is 67.5 Å². The van der Waals surface area contributed by atoms with Crippen molar-refractivity contribution < 1.29 is 19.1 Å². The second-order valence-electron chi connectivity index (χ2n) is 12.0. The molecule has 2 bridgehead atoms. The van der Waals surface area contributed by atoms with Crippen molar-refractivity contribution in [3.8, 4) is 0 Å². The molecule has 1 aromatic rings. The summed E-state index contributed by atoms with van der Waals surface area (Å²) in [4.78, 5) is 45.9. The largest absolute Gasteiger partial charge is 0.359 e. The lowest BCUT2D eigenvalue weighted by molar-refractivity contribution is -0.141. The number of ether oxygens (including phenoxy) is 1. The molecule has 1 spiro atoms. The van der Waals surface area contributed by atoms with Gasteiger partial charge in [-0.3, -0.25) is 14.4 Å². The molecule has 3 amide bonds. The summed E-state index contributed by atoms with van der Waals surface area (Å²) in [5.74, 6) is -2.19. The van der Waals surface area contributed by atoms with Gasteiger partial charge < -0.3 is 25.2 Å². The third kappa shape index (κ3) is 5.17. The van der Waals surface area contributed by atoms with Gasteiger partial charge in [-0.15, -0.1) is 0 Å². The van der Waals surface area contributed by atoms with Crippen LogP contribution in [0.1, 0.15) is 57.8 Å². The number of hydrogen-bond acceptors (Lipinski definition) is 5. The highest BCUT2D eigenvalue weighted by Crippen LogP contribution is 2.55. The molecule has 5 aliphatic rings. The van der Waals surface area contributed by atoms with Crippen LogP contribution in [0.4, 0.5) is 5.69 Å². The van der Waals surface area contributed by atoms with Crippen LogP contribution in [0.5, 0.6) is 0 Å². The molecular formula is C30H38Cl2N4O4. The van der Waals surface area contributed by atoms with Gasteiger partial charge in [0.25, 0.3) is 0 Å². The number of halogens is 2. The maximum atomic E-state index is 14.2. The summed E-state index contributed by atoms with van der Waals surface area (Å²) < 4.78 is 6.48. The van der Waals surface area contributed by atoms with Crippen molar-refractivity contribution in [3.05, 3.63) is 40.4 Å². The van der Waals surface area contributed by atoms with E-state index in [1.54, 1.807) is 23.1 Å². The number of likely N-dealkylation sites (tertiary alicyclic amines) is 2. The quantitative estimate of drug-likeness (QED) is 0.460. The lowest BCUT2D eigenvalue weighted by Gasteiger charge is -2.35. The average Bonchev–Trinajstić information content (AvgIpc) is 3.49. The Bertz CT molecular complexity index is 1180. The van der Waals surface area contributed by atoms with E-state index in [-0.39, 0.29) is 23.8 Å². The molecule has 3 saturated heterocycles. The van der Waals surface area contributed by atoms with Crippen molar-refractivity contribution >= 4 is 46.6 Å². The summed E-state index contributed by atoms with van der Waals surface area (Å²) >= 11 is 12.2. The fourth-order valence-corrected chi connectivity index (χ4v) is 7.74. The minimum atomic E-state index is -1.15. The molecule has 2 N–H and O–H groups in total. The van der Waals surface area contributed by atoms with Crippen LogP contribution >= 0.6 is 23.2 Å². The maximum Gasteiger partial charge on any atom is 0.246 e. The van der Waals surface area contributed by atoms with E-state index in [2.05, 4.69) is 15.5 Å². The van der Waals surface area contributed by atoms with E-state index >= 15 is 0 Å². The Morgan fingerprint density at radius 3 is 2.40 bits per heavy atom. The number of hydrogen-bond donors (Lipinski definition) is 2. The lowest BCUT2D eigenvalue weighted by Crippen LogP contribution is -2.57. The lowest BCUT2D eigenvalue weighted by atomic mass is 9.74. The number of anilines is 1. The van der Waals surface area contributed by atoms with Crippen LogP contribution < -0.4 is 10.6 Å². The Balaban J connectivity index is 1.26. The van der Waals surface area contributed by atoms with E-state index in [4.69, 9.17) is 27.9 Å². The molecule has 8 nitrogen and oxygen atoms in total. The molecule has 4 heterocycles. The first-order valence-corrected chi connectivity index (χ1v) is 15.6. The molecule has 4 fully saturated rings. The number of benzene rings is 1. The van der Waals surface area contributed by atoms with Crippen molar-refractivity contribution in [2.24, 2.45) is 11.8 Å². The molecule has 6 rings (SSSR count). The summed E-state index contributed by atoms with van der Waals surface area (Å²) in [6.07, 6.45) is 13.2. The minimum Gasteiger partial charge on any atom is -0.359 e. The van der Waals surface area contributed by atoms with E-state index in [1.807, 2.05) is 12.2 Å². The van der Waals surface area contributed by atoms with Gasteiger partial charge in [0, 0.05) is 24.8 Å². The van der Waals surface area contributed by atoms with Crippen molar-refractivity contribution in [1.82, 2.24) is 15.1 Å². The Labute approximate surface area is 245 Å². The first-order valence-electron chi connectivity index (χ1n) is 14.8. The molecular weight excluding hydrogens is 551 g/mol. The fourth-order valence-electron chi connectivity index (χ4n) is 7.44. The van der Waals surface area contributed by atoms with Crippen LogP contribution in [0.2, 0.25) is 10.0 Å². The fraction of sp³-hybridized carbons (Fsp3) is 0.633. The number of amides is 3. The second-order valence-corrected chi connectivity index (χ2v) is 12.8. The van der Waals surface area contributed by atoms with Gasteiger partial charge in [0.05, 0.1) is 28.0 Å². The SMILES string of the molecule is O=C(Nc1ccc(Cl)c(Cl)c1)C1C2C=CC3(O2)C1C(=O)N(CCN1CCCCCC1)C3C(=O)NC1CCCCC1. The second kappa shape index (κ2) is 11.6. The Morgan fingerprint density at radius 1 is 0.950 bits per heavy atom. The summed E-state index contributed by atoms with van der Waals surface area (Å²) in [7, 11) is 0. The molecule has 0 aromatic heterocycles. The molecule has 1 aliphatic carbocycles. The molecule has 5 atom stereocenters. The summed E-state index contributed by atoms with van der Waals surface area (Å²) in [5.41, 5.74) is -0.658. The van der Waals surface area contributed by atoms with Crippen molar-refractivity contribution in [2.75, 3.05) is 31.5 Å². The Morgan fingerprint density at radius 2 is 1.68 bits per heavy atom. The number of nitrogens with zero attached hydrogens (tertiary/aromatic N) is 2.